The van der Waals surface area contributed by atoms with Crippen LogP contribution >= 0.6 is 0 Å². The van der Waals surface area contributed by atoms with Gasteiger partial charge in [0.2, 0.25) is 0 Å². The second kappa shape index (κ2) is 11.2. The van der Waals surface area contributed by atoms with E-state index in [0.29, 0.717) is 16.9 Å². The maximum Gasteiger partial charge on any atom is 0.406 e. The van der Waals surface area contributed by atoms with Crippen LogP contribution in [0.15, 0.2) is 108 Å². The summed E-state index contributed by atoms with van der Waals surface area (Å²) in [6.07, 6.45) is -1.17. The van der Waals surface area contributed by atoms with Gasteiger partial charge in [-0.1, -0.05) is 66.7 Å². The van der Waals surface area contributed by atoms with Crippen molar-refractivity contribution in [2.24, 2.45) is 0 Å². The van der Waals surface area contributed by atoms with Crippen molar-refractivity contribution in [3.63, 3.8) is 0 Å². The molecular weight excluding hydrogens is 534 g/mol. The highest BCUT2D eigenvalue weighted by Gasteiger charge is 2.28. The summed E-state index contributed by atoms with van der Waals surface area (Å²) in [5.41, 5.74) is 8.97. The van der Waals surface area contributed by atoms with E-state index in [1.807, 2.05) is 36.4 Å². The standard InChI is InChI=1S/C32H23F4N3O2/c33-25-12-10-23(11-13-25)27-17-39(19-32(34,35)36)18-28(30(27)41)29(40)14-20-6-8-22(9-7-20)26-15-24(16-38-31(26)37)21-4-2-1-3-5-21/h1-13,15-18H,14,19H2,(H2,37,38). The average Bonchev–Trinajstić information content (AvgIpc) is 2.95. The predicted molar refractivity (Wildman–Crippen MR) is 150 cm³/mol. The maximum absolute atomic E-state index is 13.4. The van der Waals surface area contributed by atoms with Crippen LogP contribution in [0.25, 0.3) is 33.4 Å². The number of nitrogens with zero attached hydrogens (tertiary/aromatic N) is 2. The monoisotopic (exact) mass is 557 g/mol. The number of carbonyl (C=O) groups excluding carboxylic acids is 1. The van der Waals surface area contributed by atoms with Crippen LogP contribution in [-0.2, 0) is 13.0 Å². The molecule has 206 valence electrons. The number of hydrogen-bond acceptors (Lipinski definition) is 4. The zero-order valence-electron chi connectivity index (χ0n) is 21.5. The van der Waals surface area contributed by atoms with Crippen molar-refractivity contribution in [1.82, 2.24) is 9.55 Å². The Hall–Kier alpha value is -5.05. The molecule has 0 bridgehead atoms. The molecule has 9 heteroatoms. The van der Waals surface area contributed by atoms with Crippen LogP contribution in [0.5, 0.6) is 0 Å². The van der Waals surface area contributed by atoms with Gasteiger partial charge in [-0.2, -0.15) is 13.2 Å². The lowest BCUT2D eigenvalue weighted by Crippen LogP contribution is -2.24. The fourth-order valence-electron chi connectivity index (χ4n) is 4.54. The fourth-order valence-corrected chi connectivity index (χ4v) is 4.54. The molecule has 0 saturated carbocycles. The minimum Gasteiger partial charge on any atom is -0.383 e. The first-order chi connectivity index (χ1) is 19.6. The second-order valence-electron chi connectivity index (χ2n) is 9.53. The molecule has 0 spiro atoms. The van der Waals surface area contributed by atoms with Gasteiger partial charge in [-0.05, 0) is 40.5 Å². The molecule has 0 aliphatic heterocycles. The summed E-state index contributed by atoms with van der Waals surface area (Å²) in [4.78, 5) is 30.7. The van der Waals surface area contributed by atoms with Crippen molar-refractivity contribution < 1.29 is 22.4 Å². The van der Waals surface area contributed by atoms with Crippen LogP contribution in [0, 0.1) is 5.82 Å². The Morgan fingerprint density at radius 1 is 0.805 bits per heavy atom. The molecule has 0 aliphatic rings. The first kappa shape index (κ1) is 27.5. The molecule has 5 rings (SSSR count). The second-order valence-corrected chi connectivity index (χ2v) is 9.53. The summed E-state index contributed by atoms with van der Waals surface area (Å²) in [5, 5.41) is 0. The molecule has 5 nitrogen and oxygen atoms in total. The smallest absolute Gasteiger partial charge is 0.383 e. The van der Waals surface area contributed by atoms with Crippen molar-refractivity contribution in [1.29, 1.82) is 0 Å². The van der Waals surface area contributed by atoms with Crippen LogP contribution in [0.3, 0.4) is 0 Å². The van der Waals surface area contributed by atoms with Crippen LogP contribution in [0.1, 0.15) is 15.9 Å². The number of hydrogen-bond donors (Lipinski definition) is 1. The van der Waals surface area contributed by atoms with E-state index in [1.54, 1.807) is 30.5 Å². The molecule has 0 amide bonds. The molecule has 3 aromatic carbocycles. The Bertz CT molecular complexity index is 1760. The number of nitrogens with two attached hydrogens (primary N) is 1. The number of anilines is 1. The third-order valence-corrected chi connectivity index (χ3v) is 6.55. The van der Waals surface area contributed by atoms with Gasteiger partial charge in [0.25, 0.3) is 0 Å². The summed E-state index contributed by atoms with van der Waals surface area (Å²) in [6, 6.07) is 23.3. The van der Waals surface area contributed by atoms with Gasteiger partial charge in [0.15, 0.2) is 11.2 Å². The van der Waals surface area contributed by atoms with Crippen LogP contribution in [0.4, 0.5) is 23.4 Å². The molecule has 0 aliphatic carbocycles. The number of rotatable bonds is 7. The number of halogens is 4. The summed E-state index contributed by atoms with van der Waals surface area (Å²) >= 11 is 0. The van der Waals surface area contributed by atoms with Gasteiger partial charge >= 0.3 is 6.18 Å². The first-order valence-electron chi connectivity index (χ1n) is 12.6. The Morgan fingerprint density at radius 3 is 2.10 bits per heavy atom. The van der Waals surface area contributed by atoms with E-state index in [0.717, 1.165) is 45.8 Å². The Kier molecular flexibility index (Phi) is 7.52. The van der Waals surface area contributed by atoms with Crippen molar-refractivity contribution in [2.75, 3.05) is 5.73 Å². The van der Waals surface area contributed by atoms with Gasteiger partial charge in [0, 0.05) is 41.7 Å². The molecule has 41 heavy (non-hydrogen) atoms. The summed E-state index contributed by atoms with van der Waals surface area (Å²) < 4.78 is 53.7. The van der Waals surface area contributed by atoms with E-state index in [1.165, 1.54) is 12.1 Å². The number of alkyl halides is 3. The van der Waals surface area contributed by atoms with Gasteiger partial charge in [0.1, 0.15) is 18.2 Å². The Labute approximate surface area is 232 Å². The molecule has 0 fully saturated rings. The van der Waals surface area contributed by atoms with Crippen LogP contribution < -0.4 is 11.2 Å². The minimum atomic E-state index is -4.58. The first-order valence-corrected chi connectivity index (χ1v) is 12.6. The van der Waals surface area contributed by atoms with Crippen LogP contribution in [0.2, 0.25) is 0 Å². The number of benzene rings is 3. The van der Waals surface area contributed by atoms with Crippen molar-refractivity contribution >= 4 is 11.6 Å². The SMILES string of the molecule is Nc1ncc(-c2ccccc2)cc1-c1ccc(CC(=O)c2cn(CC(F)(F)F)cc(-c3ccc(F)cc3)c2=O)cc1. The van der Waals surface area contributed by atoms with Crippen molar-refractivity contribution in [3.8, 4) is 33.4 Å². The quantitative estimate of drug-likeness (QED) is 0.174. The molecule has 0 radical (unpaired) electrons. The number of aromatic nitrogens is 2. The Morgan fingerprint density at radius 2 is 1.44 bits per heavy atom. The predicted octanol–water partition coefficient (Wildman–Crippen LogP) is 6.95. The van der Waals surface area contributed by atoms with Gasteiger partial charge in [-0.25, -0.2) is 9.37 Å². The third kappa shape index (κ3) is 6.41. The number of pyridine rings is 2. The largest absolute Gasteiger partial charge is 0.406 e. The molecule has 2 heterocycles. The fraction of sp³-hybridized carbons (Fsp3) is 0.0938. The number of ketones is 1. The number of nitrogen functional groups attached to an aromatic ring is 1. The lowest BCUT2D eigenvalue weighted by Gasteiger charge is -2.14. The number of Topliss-reactive ketones (excluding diaryl/α,β-unsaturated/α-hetero) is 1. The van der Waals surface area contributed by atoms with Crippen molar-refractivity contribution in [3.05, 3.63) is 131 Å². The van der Waals surface area contributed by atoms with E-state index < -0.39 is 29.8 Å². The lowest BCUT2D eigenvalue weighted by molar-refractivity contribution is -0.140. The molecule has 5 aromatic rings. The van der Waals surface area contributed by atoms with Crippen LogP contribution in [-0.4, -0.2) is 21.5 Å². The van der Waals surface area contributed by atoms with E-state index in [9.17, 15) is 27.2 Å². The minimum absolute atomic E-state index is 0.128. The highest BCUT2D eigenvalue weighted by atomic mass is 19.4. The van der Waals surface area contributed by atoms with Gasteiger partial charge in [-0.15, -0.1) is 0 Å². The molecule has 2 aromatic heterocycles. The summed E-state index contributed by atoms with van der Waals surface area (Å²) in [6.45, 7) is -1.39. The summed E-state index contributed by atoms with van der Waals surface area (Å²) in [5.74, 6) is -0.879. The molecule has 2 N–H and O–H groups in total. The average molecular weight is 558 g/mol. The third-order valence-electron chi connectivity index (χ3n) is 6.55. The maximum atomic E-state index is 13.4. The summed E-state index contributed by atoms with van der Waals surface area (Å²) in [7, 11) is 0. The molecule has 0 atom stereocenters. The highest BCUT2D eigenvalue weighted by Crippen LogP contribution is 2.30. The molecular formula is C32H23F4N3O2. The van der Waals surface area contributed by atoms with E-state index >= 15 is 0 Å². The molecule has 0 unspecified atom stereocenters. The highest BCUT2D eigenvalue weighted by molar-refractivity contribution is 5.98. The zero-order valence-corrected chi connectivity index (χ0v) is 21.5. The topological polar surface area (TPSA) is 78.0 Å². The Balaban J connectivity index is 1.44. The number of carbonyl (C=O) groups is 1. The van der Waals surface area contributed by atoms with E-state index in [4.69, 9.17) is 5.73 Å². The van der Waals surface area contributed by atoms with Gasteiger partial charge in [0.05, 0.1) is 5.56 Å². The molecule has 0 saturated heterocycles. The van der Waals surface area contributed by atoms with Gasteiger partial charge in [-0.3, -0.25) is 9.59 Å². The van der Waals surface area contributed by atoms with E-state index in [-0.39, 0.29) is 23.1 Å². The zero-order chi connectivity index (χ0) is 29.1. The lowest BCUT2D eigenvalue weighted by atomic mass is 9.97. The van der Waals surface area contributed by atoms with E-state index in [2.05, 4.69) is 4.98 Å². The van der Waals surface area contributed by atoms with Gasteiger partial charge < -0.3 is 10.3 Å². The van der Waals surface area contributed by atoms with Crippen molar-refractivity contribution in [2.45, 2.75) is 19.1 Å². The normalized spacial score (nSPS) is 11.4.